The van der Waals surface area contributed by atoms with E-state index >= 15 is 0 Å². The molecule has 82 valence electrons. The van der Waals surface area contributed by atoms with Crippen LogP contribution in [0.2, 0.25) is 0 Å². The Labute approximate surface area is 95.9 Å². The number of hydrogen-bond donors (Lipinski definition) is 1. The van der Waals surface area contributed by atoms with Gasteiger partial charge in [-0.05, 0) is 50.2 Å². The van der Waals surface area contributed by atoms with E-state index in [2.05, 4.69) is 24.4 Å². The van der Waals surface area contributed by atoms with Gasteiger partial charge in [-0.25, -0.2) is 0 Å². The maximum atomic E-state index is 3.75. The number of fused-ring (bicyclic) bond motifs is 2. The molecule has 0 saturated heterocycles. The molecule has 2 fully saturated rings. The van der Waals surface area contributed by atoms with Crippen molar-refractivity contribution in [3.8, 4) is 0 Å². The van der Waals surface area contributed by atoms with E-state index in [1.54, 1.807) is 0 Å². The molecule has 1 nitrogen and oxygen atoms in total. The fourth-order valence-corrected chi connectivity index (χ4v) is 4.15. The maximum absolute atomic E-state index is 3.75. The van der Waals surface area contributed by atoms with Crippen molar-refractivity contribution in [3.63, 3.8) is 0 Å². The summed E-state index contributed by atoms with van der Waals surface area (Å²) < 4.78 is 0. The molecule has 1 aromatic rings. The zero-order valence-electron chi connectivity index (χ0n) is 9.33. The van der Waals surface area contributed by atoms with Gasteiger partial charge in [-0.3, -0.25) is 0 Å². The second-order valence-corrected chi connectivity index (χ2v) is 6.55. The van der Waals surface area contributed by atoms with Crippen LogP contribution in [0, 0.1) is 18.8 Å². The molecule has 2 aliphatic carbocycles. The molecule has 0 aliphatic heterocycles. The fraction of sp³-hybridized carbons (Fsp3) is 0.692. The molecule has 3 unspecified atom stereocenters. The first-order valence-electron chi connectivity index (χ1n) is 6.10. The quantitative estimate of drug-likeness (QED) is 0.825. The van der Waals surface area contributed by atoms with E-state index in [-0.39, 0.29) is 0 Å². The molecule has 0 aromatic carbocycles. The summed E-state index contributed by atoms with van der Waals surface area (Å²) in [6, 6.07) is 5.31. The third-order valence-corrected chi connectivity index (χ3v) is 5.07. The highest BCUT2D eigenvalue weighted by molar-refractivity contribution is 7.11. The minimum absolute atomic E-state index is 0.825. The van der Waals surface area contributed by atoms with Crippen molar-refractivity contribution in [1.29, 1.82) is 0 Å². The molecular weight excluding hydrogens is 202 g/mol. The Bertz CT molecular complexity index is 344. The minimum atomic E-state index is 0.825. The largest absolute Gasteiger partial charge is 0.309 e. The van der Waals surface area contributed by atoms with Gasteiger partial charge >= 0.3 is 0 Å². The second-order valence-electron chi connectivity index (χ2n) is 5.17. The molecular formula is C13H19NS. The number of nitrogens with one attached hydrogen (secondary N) is 1. The first-order valence-corrected chi connectivity index (χ1v) is 6.91. The van der Waals surface area contributed by atoms with Crippen LogP contribution in [0.1, 0.15) is 35.4 Å². The monoisotopic (exact) mass is 221 g/mol. The molecule has 15 heavy (non-hydrogen) atoms. The van der Waals surface area contributed by atoms with Gasteiger partial charge in [0.2, 0.25) is 0 Å². The van der Waals surface area contributed by atoms with Crippen molar-refractivity contribution < 1.29 is 0 Å². The Morgan fingerprint density at radius 2 is 2.27 bits per heavy atom. The lowest BCUT2D eigenvalue weighted by atomic mass is 9.95. The standard InChI is InChI=1S/C13H19NS/c1-9-2-5-12(15-9)8-14-13-7-10-3-4-11(13)6-10/h2,5,10-11,13-14H,3-4,6-8H2,1H3. The molecule has 3 rings (SSSR count). The molecule has 0 spiro atoms. The van der Waals surface area contributed by atoms with Crippen LogP contribution >= 0.6 is 11.3 Å². The molecule has 1 N–H and O–H groups in total. The molecule has 2 saturated carbocycles. The van der Waals surface area contributed by atoms with Crippen LogP contribution in [0.4, 0.5) is 0 Å². The summed E-state index contributed by atoms with van der Waals surface area (Å²) in [4.78, 5) is 2.93. The lowest BCUT2D eigenvalue weighted by Gasteiger charge is -2.22. The van der Waals surface area contributed by atoms with Crippen molar-refractivity contribution in [2.24, 2.45) is 11.8 Å². The summed E-state index contributed by atoms with van der Waals surface area (Å²) in [7, 11) is 0. The predicted octanol–water partition coefficient (Wildman–Crippen LogP) is 3.33. The van der Waals surface area contributed by atoms with Gasteiger partial charge in [0.05, 0.1) is 0 Å². The van der Waals surface area contributed by atoms with Gasteiger partial charge in [0, 0.05) is 22.3 Å². The highest BCUT2D eigenvalue weighted by Gasteiger charge is 2.38. The van der Waals surface area contributed by atoms with Crippen LogP contribution in [-0.2, 0) is 6.54 Å². The van der Waals surface area contributed by atoms with E-state index in [1.807, 2.05) is 11.3 Å². The molecule has 2 aliphatic rings. The van der Waals surface area contributed by atoms with Gasteiger partial charge in [0.1, 0.15) is 0 Å². The molecule has 0 amide bonds. The molecule has 2 bridgehead atoms. The second kappa shape index (κ2) is 3.91. The molecule has 2 heteroatoms. The molecule has 1 aromatic heterocycles. The summed E-state index contributed by atoms with van der Waals surface area (Å²) in [6.07, 6.45) is 5.92. The lowest BCUT2D eigenvalue weighted by molar-refractivity contribution is 0.351. The highest BCUT2D eigenvalue weighted by Crippen LogP contribution is 2.44. The smallest absolute Gasteiger partial charge is 0.0302 e. The Morgan fingerprint density at radius 3 is 2.87 bits per heavy atom. The third kappa shape index (κ3) is 1.98. The van der Waals surface area contributed by atoms with Crippen molar-refractivity contribution in [2.75, 3.05) is 0 Å². The summed E-state index contributed by atoms with van der Waals surface area (Å²) in [5.41, 5.74) is 0. The zero-order valence-corrected chi connectivity index (χ0v) is 10.1. The SMILES string of the molecule is Cc1ccc(CNC2CC3CCC2C3)s1. The van der Waals surface area contributed by atoms with E-state index in [9.17, 15) is 0 Å². The summed E-state index contributed by atoms with van der Waals surface area (Å²) in [6.45, 7) is 3.28. The zero-order chi connectivity index (χ0) is 10.3. The van der Waals surface area contributed by atoms with E-state index in [0.717, 1.165) is 24.4 Å². The maximum Gasteiger partial charge on any atom is 0.0302 e. The van der Waals surface area contributed by atoms with Crippen molar-refractivity contribution in [1.82, 2.24) is 5.32 Å². The number of thiophene rings is 1. The Balaban J connectivity index is 1.54. The van der Waals surface area contributed by atoms with Crippen LogP contribution in [0.3, 0.4) is 0 Å². The van der Waals surface area contributed by atoms with Gasteiger partial charge < -0.3 is 5.32 Å². The normalized spacial score (nSPS) is 33.8. The highest BCUT2D eigenvalue weighted by atomic mass is 32.1. The van der Waals surface area contributed by atoms with E-state index in [1.165, 1.54) is 35.4 Å². The van der Waals surface area contributed by atoms with Crippen LogP contribution in [0.25, 0.3) is 0 Å². The van der Waals surface area contributed by atoms with E-state index in [4.69, 9.17) is 0 Å². The first kappa shape index (κ1) is 9.86. The minimum Gasteiger partial charge on any atom is -0.309 e. The summed E-state index contributed by atoms with van der Waals surface area (Å²) in [5, 5.41) is 3.75. The number of aryl methyl sites for hydroxylation is 1. The Hall–Kier alpha value is -0.340. The van der Waals surface area contributed by atoms with Crippen molar-refractivity contribution in [2.45, 2.75) is 45.2 Å². The number of hydrogen-bond acceptors (Lipinski definition) is 2. The van der Waals surface area contributed by atoms with Crippen molar-refractivity contribution >= 4 is 11.3 Å². The summed E-state index contributed by atoms with van der Waals surface area (Å²) >= 11 is 1.93. The Morgan fingerprint density at radius 1 is 1.33 bits per heavy atom. The van der Waals surface area contributed by atoms with Gasteiger partial charge in [0.15, 0.2) is 0 Å². The molecule has 1 heterocycles. The predicted molar refractivity (Wildman–Crippen MR) is 65.1 cm³/mol. The average Bonchev–Trinajstić information content (AvgIpc) is 2.90. The van der Waals surface area contributed by atoms with E-state index < -0.39 is 0 Å². The van der Waals surface area contributed by atoms with Crippen LogP contribution in [0.15, 0.2) is 12.1 Å². The fourth-order valence-electron chi connectivity index (χ4n) is 3.31. The van der Waals surface area contributed by atoms with Crippen LogP contribution in [-0.4, -0.2) is 6.04 Å². The van der Waals surface area contributed by atoms with Gasteiger partial charge in [0.25, 0.3) is 0 Å². The third-order valence-electron chi connectivity index (χ3n) is 4.07. The van der Waals surface area contributed by atoms with Crippen LogP contribution in [0.5, 0.6) is 0 Å². The molecule has 0 radical (unpaired) electrons. The van der Waals surface area contributed by atoms with Crippen LogP contribution < -0.4 is 5.32 Å². The van der Waals surface area contributed by atoms with Gasteiger partial charge in [-0.1, -0.05) is 6.42 Å². The van der Waals surface area contributed by atoms with Gasteiger partial charge in [-0.2, -0.15) is 0 Å². The lowest BCUT2D eigenvalue weighted by Crippen LogP contribution is -2.33. The number of rotatable bonds is 3. The molecule has 3 atom stereocenters. The Kier molecular flexibility index (Phi) is 2.57. The topological polar surface area (TPSA) is 12.0 Å². The van der Waals surface area contributed by atoms with E-state index in [0.29, 0.717) is 0 Å². The van der Waals surface area contributed by atoms with Gasteiger partial charge in [-0.15, -0.1) is 11.3 Å². The first-order chi connectivity index (χ1) is 7.31. The van der Waals surface area contributed by atoms with Crippen molar-refractivity contribution in [3.05, 3.63) is 21.9 Å². The average molecular weight is 221 g/mol. The summed E-state index contributed by atoms with van der Waals surface area (Å²) in [5.74, 6) is 2.05.